The Hall–Kier alpha value is -0.930. The molecule has 1 aliphatic heterocycles. The smallest absolute Gasteiger partial charge is 0.142 e. The third-order valence-corrected chi connectivity index (χ3v) is 3.45. The number of carbonyl (C=O) groups is 1. The van der Waals surface area contributed by atoms with Gasteiger partial charge in [-0.25, -0.2) is 4.39 Å². The van der Waals surface area contributed by atoms with Crippen molar-refractivity contribution in [3.63, 3.8) is 0 Å². The van der Waals surface area contributed by atoms with Crippen LogP contribution in [-0.2, 0) is 11.3 Å². The third-order valence-electron chi connectivity index (χ3n) is 3.15. The molecule has 0 saturated carbocycles. The maximum absolute atomic E-state index is 13.3. The van der Waals surface area contributed by atoms with E-state index in [1.807, 2.05) is 13.0 Å². The van der Waals surface area contributed by atoms with Crippen LogP contribution in [0.25, 0.3) is 0 Å². The highest BCUT2D eigenvalue weighted by Gasteiger charge is 2.23. The molecule has 1 heterocycles. The first kappa shape index (κ1) is 12.5. The van der Waals surface area contributed by atoms with E-state index in [9.17, 15) is 9.18 Å². The lowest BCUT2D eigenvalue weighted by Gasteiger charge is -2.29. The number of halogens is 2. The number of hydrogen-bond acceptors (Lipinski definition) is 2. The van der Waals surface area contributed by atoms with Crippen LogP contribution in [0.2, 0.25) is 5.02 Å². The minimum absolute atomic E-state index is 0.0842. The fourth-order valence-corrected chi connectivity index (χ4v) is 2.25. The van der Waals surface area contributed by atoms with Gasteiger partial charge in [-0.3, -0.25) is 9.69 Å². The van der Waals surface area contributed by atoms with Crippen LogP contribution >= 0.6 is 11.6 Å². The molecular formula is C13H15ClFNO. The van der Waals surface area contributed by atoms with E-state index in [0.717, 1.165) is 18.7 Å². The van der Waals surface area contributed by atoms with Crippen molar-refractivity contribution in [2.24, 2.45) is 5.92 Å². The van der Waals surface area contributed by atoms with Crippen LogP contribution in [0.1, 0.15) is 18.9 Å². The molecule has 0 aromatic heterocycles. The second kappa shape index (κ2) is 5.15. The van der Waals surface area contributed by atoms with Crippen molar-refractivity contribution in [3.8, 4) is 0 Å². The summed E-state index contributed by atoms with van der Waals surface area (Å²) in [4.78, 5) is 13.6. The van der Waals surface area contributed by atoms with E-state index >= 15 is 0 Å². The molecule has 1 aliphatic rings. The molecule has 2 nitrogen and oxygen atoms in total. The molecule has 0 aliphatic carbocycles. The van der Waals surface area contributed by atoms with Gasteiger partial charge in [0.05, 0.1) is 5.02 Å². The van der Waals surface area contributed by atoms with Gasteiger partial charge in [-0.15, -0.1) is 0 Å². The molecule has 1 fully saturated rings. The largest absolute Gasteiger partial charge is 0.299 e. The van der Waals surface area contributed by atoms with Gasteiger partial charge < -0.3 is 0 Å². The highest BCUT2D eigenvalue weighted by atomic mass is 35.5. The fourth-order valence-electron chi connectivity index (χ4n) is 2.13. The lowest BCUT2D eigenvalue weighted by Crippen LogP contribution is -2.39. The van der Waals surface area contributed by atoms with Crippen molar-refractivity contribution in [2.75, 3.05) is 13.1 Å². The van der Waals surface area contributed by atoms with Gasteiger partial charge in [0.15, 0.2) is 0 Å². The summed E-state index contributed by atoms with van der Waals surface area (Å²) in [5, 5.41) is 0.149. The second-order valence-electron chi connectivity index (χ2n) is 4.60. The molecule has 0 spiro atoms. The number of likely N-dealkylation sites (tertiary alicyclic amines) is 1. The van der Waals surface area contributed by atoms with Crippen molar-refractivity contribution in [3.05, 3.63) is 34.6 Å². The van der Waals surface area contributed by atoms with Crippen LogP contribution in [0.4, 0.5) is 4.39 Å². The minimum Gasteiger partial charge on any atom is -0.299 e. The van der Waals surface area contributed by atoms with Crippen molar-refractivity contribution >= 4 is 17.4 Å². The summed E-state index contributed by atoms with van der Waals surface area (Å²) in [7, 11) is 0. The zero-order valence-corrected chi connectivity index (χ0v) is 10.5. The van der Waals surface area contributed by atoms with Crippen molar-refractivity contribution < 1.29 is 9.18 Å². The van der Waals surface area contributed by atoms with Gasteiger partial charge in [-0.2, -0.15) is 0 Å². The summed E-state index contributed by atoms with van der Waals surface area (Å²) in [5.74, 6) is 0.0229. The maximum Gasteiger partial charge on any atom is 0.142 e. The number of nitrogens with zero attached hydrogens (tertiary/aromatic N) is 1. The molecule has 17 heavy (non-hydrogen) atoms. The maximum atomic E-state index is 13.3. The molecule has 92 valence electrons. The Bertz CT molecular complexity index is 435. The second-order valence-corrected chi connectivity index (χ2v) is 5.01. The highest BCUT2D eigenvalue weighted by molar-refractivity contribution is 6.30. The summed E-state index contributed by atoms with van der Waals surface area (Å²) in [6, 6.07) is 4.86. The van der Waals surface area contributed by atoms with E-state index in [4.69, 9.17) is 11.6 Å². The number of piperidine rings is 1. The van der Waals surface area contributed by atoms with Crippen LogP contribution in [0, 0.1) is 11.7 Å². The van der Waals surface area contributed by atoms with Gasteiger partial charge in [0.25, 0.3) is 0 Å². The van der Waals surface area contributed by atoms with Crippen LogP contribution in [-0.4, -0.2) is 23.8 Å². The number of rotatable bonds is 2. The zero-order chi connectivity index (χ0) is 12.4. The first-order valence-corrected chi connectivity index (χ1v) is 6.13. The summed E-state index contributed by atoms with van der Waals surface area (Å²) in [6.45, 7) is 4.12. The van der Waals surface area contributed by atoms with Gasteiger partial charge in [-0.1, -0.05) is 24.6 Å². The highest BCUT2D eigenvalue weighted by Crippen LogP contribution is 2.19. The average Bonchev–Trinajstić information content (AvgIpc) is 2.29. The van der Waals surface area contributed by atoms with Crippen molar-refractivity contribution in [2.45, 2.75) is 19.9 Å². The van der Waals surface area contributed by atoms with Crippen LogP contribution in [0.5, 0.6) is 0 Å². The molecule has 0 bridgehead atoms. The van der Waals surface area contributed by atoms with Gasteiger partial charge in [0.2, 0.25) is 0 Å². The van der Waals surface area contributed by atoms with E-state index < -0.39 is 0 Å². The first-order valence-electron chi connectivity index (χ1n) is 5.75. The normalized spacial score (nSPS) is 21.8. The quantitative estimate of drug-likeness (QED) is 0.810. The summed E-state index contributed by atoms with van der Waals surface area (Å²) in [5.41, 5.74) is 0.897. The topological polar surface area (TPSA) is 20.3 Å². The van der Waals surface area contributed by atoms with Crippen LogP contribution < -0.4 is 0 Å². The van der Waals surface area contributed by atoms with Crippen molar-refractivity contribution in [1.82, 2.24) is 4.90 Å². The van der Waals surface area contributed by atoms with E-state index in [2.05, 4.69) is 4.90 Å². The molecule has 1 atom stereocenters. The van der Waals surface area contributed by atoms with E-state index in [1.54, 1.807) is 6.07 Å². The SMILES string of the molecule is CC1CN(Cc2ccc(Cl)c(F)c2)CCC1=O. The zero-order valence-electron chi connectivity index (χ0n) is 9.75. The molecule has 4 heteroatoms. The van der Waals surface area contributed by atoms with Crippen LogP contribution in [0.15, 0.2) is 18.2 Å². The van der Waals surface area contributed by atoms with Gasteiger partial charge >= 0.3 is 0 Å². The number of benzene rings is 1. The molecule has 1 saturated heterocycles. The summed E-state index contributed by atoms with van der Waals surface area (Å²) in [6.07, 6.45) is 0.594. The monoisotopic (exact) mass is 255 g/mol. The predicted molar refractivity (Wildman–Crippen MR) is 65.5 cm³/mol. The van der Waals surface area contributed by atoms with E-state index in [0.29, 0.717) is 18.7 Å². The molecular weight excluding hydrogens is 241 g/mol. The Kier molecular flexibility index (Phi) is 3.79. The fraction of sp³-hybridized carbons (Fsp3) is 0.462. The number of ketones is 1. The Morgan fingerprint density at radius 3 is 2.94 bits per heavy atom. The molecule has 0 amide bonds. The lowest BCUT2D eigenvalue weighted by atomic mass is 9.98. The Morgan fingerprint density at radius 1 is 1.53 bits per heavy atom. The van der Waals surface area contributed by atoms with Gasteiger partial charge in [-0.05, 0) is 17.7 Å². The Labute approximate surface area is 105 Å². The van der Waals surface area contributed by atoms with E-state index in [1.165, 1.54) is 6.07 Å². The number of hydrogen-bond donors (Lipinski definition) is 0. The van der Waals surface area contributed by atoms with E-state index in [-0.39, 0.29) is 16.8 Å². The third kappa shape index (κ3) is 3.05. The molecule has 2 rings (SSSR count). The minimum atomic E-state index is -0.384. The standard InChI is InChI=1S/C13H15ClFNO/c1-9-7-16(5-4-13(9)17)8-10-2-3-11(14)12(15)6-10/h2-3,6,9H,4-5,7-8H2,1H3. The molecule has 1 aromatic carbocycles. The lowest BCUT2D eigenvalue weighted by molar-refractivity contribution is -0.125. The van der Waals surface area contributed by atoms with Crippen molar-refractivity contribution in [1.29, 1.82) is 0 Å². The first-order chi connectivity index (χ1) is 8.06. The Morgan fingerprint density at radius 2 is 2.29 bits per heavy atom. The molecule has 0 radical (unpaired) electrons. The Balaban J connectivity index is 2.01. The number of Topliss-reactive ketones (excluding diaryl/α,β-unsaturated/α-hetero) is 1. The summed E-state index contributed by atoms with van der Waals surface area (Å²) >= 11 is 5.63. The molecule has 1 unspecified atom stereocenters. The van der Waals surface area contributed by atoms with Gasteiger partial charge in [0.1, 0.15) is 11.6 Å². The number of carbonyl (C=O) groups excluding carboxylic acids is 1. The predicted octanol–water partition coefficient (Wildman–Crippen LogP) is 2.89. The van der Waals surface area contributed by atoms with Gasteiger partial charge in [0, 0.05) is 32.0 Å². The average molecular weight is 256 g/mol. The molecule has 0 N–H and O–H groups in total. The molecule has 1 aromatic rings. The summed E-state index contributed by atoms with van der Waals surface area (Å²) < 4.78 is 13.3. The van der Waals surface area contributed by atoms with Crippen LogP contribution in [0.3, 0.4) is 0 Å².